The summed E-state index contributed by atoms with van der Waals surface area (Å²) in [5, 5.41) is 6.26. The van der Waals surface area contributed by atoms with E-state index in [1.54, 1.807) is 54.6 Å². The average molecular weight is 465 g/mol. The summed E-state index contributed by atoms with van der Waals surface area (Å²) in [6.07, 6.45) is 3.08. The zero-order valence-corrected chi connectivity index (χ0v) is 19.2. The summed E-state index contributed by atoms with van der Waals surface area (Å²) in [5.41, 5.74) is 2.19. The number of carbonyl (C=O) groups is 2. The molecule has 0 saturated heterocycles. The van der Waals surface area contributed by atoms with E-state index in [-0.39, 0.29) is 11.8 Å². The Morgan fingerprint density at radius 1 is 0.848 bits per heavy atom. The van der Waals surface area contributed by atoms with Gasteiger partial charge in [-0.05, 0) is 49.8 Å². The highest BCUT2D eigenvalue weighted by atomic mass is 35.5. The van der Waals surface area contributed by atoms with Gasteiger partial charge < -0.3 is 20.1 Å². The Bertz CT molecular complexity index is 1150. The minimum absolute atomic E-state index is 0.278. The molecule has 0 radical (unpaired) electrons. The third-order valence-electron chi connectivity index (χ3n) is 4.50. The number of halogens is 1. The largest absolute Gasteiger partial charge is 0.492 e. The highest BCUT2D eigenvalue weighted by Gasteiger charge is 2.16. The maximum atomic E-state index is 12.7. The lowest BCUT2D eigenvalue weighted by Gasteiger charge is -2.17. The first-order valence-electron chi connectivity index (χ1n) is 10.5. The zero-order valence-electron chi connectivity index (χ0n) is 18.4. The van der Waals surface area contributed by atoms with Crippen molar-refractivity contribution in [3.63, 3.8) is 0 Å². The molecule has 0 atom stereocenters. The first-order chi connectivity index (χ1) is 16.0. The molecule has 0 spiro atoms. The second-order valence-electron chi connectivity index (χ2n) is 6.91. The molecule has 3 aromatic carbocycles. The van der Waals surface area contributed by atoms with Gasteiger partial charge in [0, 0.05) is 28.8 Å². The Hall–Kier alpha value is -3.77. The number of rotatable bonds is 9. The Balaban J connectivity index is 1.85. The van der Waals surface area contributed by atoms with E-state index in [1.807, 2.05) is 32.0 Å². The van der Waals surface area contributed by atoms with E-state index >= 15 is 0 Å². The van der Waals surface area contributed by atoms with Gasteiger partial charge in [-0.3, -0.25) is 9.59 Å². The fourth-order valence-electron chi connectivity index (χ4n) is 3.05. The van der Waals surface area contributed by atoms with E-state index in [0.717, 1.165) is 5.56 Å². The van der Waals surface area contributed by atoms with Crippen molar-refractivity contribution < 1.29 is 19.1 Å². The molecular formula is C26H25ClN2O4. The summed E-state index contributed by atoms with van der Waals surface area (Å²) in [7, 11) is 0. The molecule has 170 valence electrons. The topological polar surface area (TPSA) is 76.7 Å². The molecule has 0 saturated carbocycles. The molecule has 33 heavy (non-hydrogen) atoms. The van der Waals surface area contributed by atoms with Crippen molar-refractivity contribution in [1.29, 1.82) is 0 Å². The molecule has 2 N–H and O–H groups in total. The summed E-state index contributed by atoms with van der Waals surface area (Å²) in [5.74, 6) is 0.202. The second-order valence-corrected chi connectivity index (χ2v) is 7.34. The SMILES string of the molecule is CCOc1cc(NC(=O)c2ccccc2)c(OCC)cc1NC(=O)C=Cc1cccc(Cl)c1. The number of amides is 2. The number of benzene rings is 3. The molecule has 0 heterocycles. The average Bonchev–Trinajstić information content (AvgIpc) is 2.81. The van der Waals surface area contributed by atoms with Gasteiger partial charge in [0.25, 0.3) is 5.91 Å². The third-order valence-corrected chi connectivity index (χ3v) is 4.73. The maximum absolute atomic E-state index is 12.7. The van der Waals surface area contributed by atoms with E-state index in [2.05, 4.69) is 10.6 Å². The van der Waals surface area contributed by atoms with Crippen LogP contribution in [0.4, 0.5) is 11.4 Å². The van der Waals surface area contributed by atoms with Gasteiger partial charge in [-0.2, -0.15) is 0 Å². The number of anilines is 2. The van der Waals surface area contributed by atoms with Crippen molar-refractivity contribution in [3.8, 4) is 11.5 Å². The molecule has 0 aliphatic rings. The molecule has 3 aromatic rings. The molecule has 0 fully saturated rings. The molecule has 2 amide bonds. The van der Waals surface area contributed by atoms with Crippen LogP contribution >= 0.6 is 11.6 Å². The van der Waals surface area contributed by atoms with Gasteiger partial charge in [0.2, 0.25) is 5.91 Å². The predicted octanol–water partition coefficient (Wildman–Crippen LogP) is 6.04. The van der Waals surface area contributed by atoms with E-state index in [9.17, 15) is 9.59 Å². The third kappa shape index (κ3) is 6.85. The summed E-state index contributed by atoms with van der Waals surface area (Å²) in [6.45, 7) is 4.43. The van der Waals surface area contributed by atoms with Gasteiger partial charge in [0.15, 0.2) is 0 Å². The molecule has 7 heteroatoms. The molecule has 3 rings (SSSR count). The Kier molecular flexibility index (Phi) is 8.49. The van der Waals surface area contributed by atoms with Crippen molar-refractivity contribution in [2.45, 2.75) is 13.8 Å². The highest BCUT2D eigenvalue weighted by molar-refractivity contribution is 6.30. The van der Waals surface area contributed by atoms with Crippen molar-refractivity contribution in [1.82, 2.24) is 0 Å². The number of ether oxygens (including phenoxy) is 2. The van der Waals surface area contributed by atoms with Crippen LogP contribution in [0.25, 0.3) is 6.08 Å². The van der Waals surface area contributed by atoms with Gasteiger partial charge in [-0.15, -0.1) is 0 Å². The molecule has 0 bridgehead atoms. The van der Waals surface area contributed by atoms with Crippen LogP contribution in [0.3, 0.4) is 0 Å². The number of carbonyl (C=O) groups excluding carboxylic acids is 2. The van der Waals surface area contributed by atoms with E-state index in [0.29, 0.717) is 46.7 Å². The lowest BCUT2D eigenvalue weighted by molar-refractivity contribution is -0.111. The lowest BCUT2D eigenvalue weighted by atomic mass is 10.2. The molecule has 0 aliphatic heterocycles. The summed E-state index contributed by atoms with van der Waals surface area (Å²) in [6, 6.07) is 19.3. The maximum Gasteiger partial charge on any atom is 0.255 e. The van der Waals surface area contributed by atoms with Crippen LogP contribution in [0.1, 0.15) is 29.8 Å². The van der Waals surface area contributed by atoms with Crippen molar-refractivity contribution >= 4 is 40.9 Å². The van der Waals surface area contributed by atoms with Crippen LogP contribution in [-0.2, 0) is 4.79 Å². The van der Waals surface area contributed by atoms with Gasteiger partial charge in [-0.1, -0.05) is 41.9 Å². The molecule has 6 nitrogen and oxygen atoms in total. The molecule has 0 unspecified atom stereocenters. The van der Waals surface area contributed by atoms with E-state index in [4.69, 9.17) is 21.1 Å². The predicted molar refractivity (Wildman–Crippen MR) is 132 cm³/mol. The molecule has 0 aromatic heterocycles. The Morgan fingerprint density at radius 2 is 1.48 bits per heavy atom. The molecule has 0 aliphatic carbocycles. The second kappa shape index (κ2) is 11.7. The van der Waals surface area contributed by atoms with Crippen LogP contribution in [0.15, 0.2) is 72.8 Å². The van der Waals surface area contributed by atoms with Crippen LogP contribution in [0.2, 0.25) is 5.02 Å². The van der Waals surface area contributed by atoms with Gasteiger partial charge in [-0.25, -0.2) is 0 Å². The normalized spacial score (nSPS) is 10.6. The first-order valence-corrected chi connectivity index (χ1v) is 10.9. The Labute approximate surface area is 198 Å². The van der Waals surface area contributed by atoms with Crippen LogP contribution in [-0.4, -0.2) is 25.0 Å². The van der Waals surface area contributed by atoms with E-state index < -0.39 is 0 Å². The highest BCUT2D eigenvalue weighted by Crippen LogP contribution is 2.37. The number of hydrogen-bond donors (Lipinski definition) is 2. The quantitative estimate of drug-likeness (QED) is 0.378. The Morgan fingerprint density at radius 3 is 2.09 bits per heavy atom. The summed E-state index contributed by atoms with van der Waals surface area (Å²) < 4.78 is 11.4. The number of nitrogens with one attached hydrogen (secondary N) is 2. The van der Waals surface area contributed by atoms with Gasteiger partial charge >= 0.3 is 0 Å². The molecular weight excluding hydrogens is 440 g/mol. The van der Waals surface area contributed by atoms with Crippen molar-refractivity contribution in [2.24, 2.45) is 0 Å². The van der Waals surface area contributed by atoms with Gasteiger partial charge in [0.1, 0.15) is 11.5 Å². The van der Waals surface area contributed by atoms with E-state index in [1.165, 1.54) is 6.08 Å². The minimum atomic E-state index is -0.348. The summed E-state index contributed by atoms with van der Waals surface area (Å²) >= 11 is 5.99. The van der Waals surface area contributed by atoms with Crippen LogP contribution in [0.5, 0.6) is 11.5 Å². The smallest absolute Gasteiger partial charge is 0.255 e. The zero-order chi connectivity index (χ0) is 23.6. The van der Waals surface area contributed by atoms with Gasteiger partial charge in [0.05, 0.1) is 24.6 Å². The van der Waals surface area contributed by atoms with Crippen LogP contribution < -0.4 is 20.1 Å². The fraction of sp³-hybridized carbons (Fsp3) is 0.154. The fourth-order valence-corrected chi connectivity index (χ4v) is 3.24. The van der Waals surface area contributed by atoms with Crippen LogP contribution in [0, 0.1) is 0 Å². The number of hydrogen-bond acceptors (Lipinski definition) is 4. The summed E-state index contributed by atoms with van der Waals surface area (Å²) in [4.78, 5) is 25.2. The monoisotopic (exact) mass is 464 g/mol. The lowest BCUT2D eigenvalue weighted by Crippen LogP contribution is -2.14. The minimum Gasteiger partial charge on any atom is -0.492 e. The van der Waals surface area contributed by atoms with Crippen molar-refractivity contribution in [2.75, 3.05) is 23.8 Å². The standard InChI is InChI=1S/C26H25ClN2O4/c1-3-32-23-17-22(29-26(31)19-10-6-5-7-11-19)24(33-4-2)16-21(23)28-25(30)14-13-18-9-8-12-20(27)15-18/h5-17H,3-4H2,1-2H3,(H,28,30)(H,29,31). The first kappa shape index (κ1) is 23.9. The van der Waals surface area contributed by atoms with Crippen molar-refractivity contribution in [3.05, 3.63) is 89.0 Å².